The third-order valence-electron chi connectivity index (χ3n) is 3.62. The van der Waals surface area contributed by atoms with E-state index in [9.17, 15) is 0 Å². The van der Waals surface area contributed by atoms with Gasteiger partial charge in [-0.1, -0.05) is 6.07 Å². The SMILES string of the molecule is Cc1cc(C(C)NCc2ccc(C#N)cc2C)c(C)s1. The molecule has 2 aromatic rings. The van der Waals surface area contributed by atoms with Crippen LogP contribution >= 0.6 is 11.3 Å². The van der Waals surface area contributed by atoms with Crippen LogP contribution in [0.3, 0.4) is 0 Å². The lowest BCUT2D eigenvalue weighted by Gasteiger charge is -2.15. The Morgan fingerprint density at radius 2 is 2.00 bits per heavy atom. The minimum absolute atomic E-state index is 0.343. The standard InChI is InChI=1S/C17H20N2S/c1-11-7-15(9-18)5-6-16(11)10-19-13(3)17-8-12(2)20-14(17)4/h5-8,13,19H,10H2,1-4H3. The van der Waals surface area contributed by atoms with Crippen LogP contribution in [-0.2, 0) is 6.54 Å². The van der Waals surface area contributed by atoms with Gasteiger partial charge in [0.1, 0.15) is 0 Å². The number of hydrogen-bond donors (Lipinski definition) is 1. The molecule has 1 N–H and O–H groups in total. The fourth-order valence-corrected chi connectivity index (χ4v) is 3.44. The summed E-state index contributed by atoms with van der Waals surface area (Å²) in [5.41, 5.74) is 4.53. The second-order valence-electron chi connectivity index (χ2n) is 5.22. The van der Waals surface area contributed by atoms with Gasteiger partial charge in [0.15, 0.2) is 0 Å². The molecule has 1 aromatic heterocycles. The fourth-order valence-electron chi connectivity index (χ4n) is 2.42. The third-order valence-corrected chi connectivity index (χ3v) is 4.60. The number of benzene rings is 1. The van der Waals surface area contributed by atoms with Crippen molar-refractivity contribution in [2.24, 2.45) is 0 Å². The van der Waals surface area contributed by atoms with Crippen molar-refractivity contribution >= 4 is 11.3 Å². The van der Waals surface area contributed by atoms with Crippen molar-refractivity contribution in [2.45, 2.75) is 40.3 Å². The van der Waals surface area contributed by atoms with Gasteiger partial charge in [0.25, 0.3) is 0 Å². The molecule has 1 heterocycles. The molecular weight excluding hydrogens is 264 g/mol. The van der Waals surface area contributed by atoms with Gasteiger partial charge < -0.3 is 5.32 Å². The lowest BCUT2D eigenvalue weighted by Crippen LogP contribution is -2.18. The first-order valence-corrected chi connectivity index (χ1v) is 7.63. The van der Waals surface area contributed by atoms with Gasteiger partial charge in [-0.2, -0.15) is 5.26 Å². The molecule has 3 heteroatoms. The maximum Gasteiger partial charge on any atom is 0.0991 e. The van der Waals surface area contributed by atoms with Crippen LogP contribution < -0.4 is 5.32 Å². The van der Waals surface area contributed by atoms with E-state index in [0.717, 1.165) is 12.1 Å². The Morgan fingerprint density at radius 3 is 2.55 bits per heavy atom. The molecule has 0 aliphatic rings. The van der Waals surface area contributed by atoms with Gasteiger partial charge in [-0.3, -0.25) is 0 Å². The van der Waals surface area contributed by atoms with E-state index < -0.39 is 0 Å². The summed E-state index contributed by atoms with van der Waals surface area (Å²) in [5, 5.41) is 12.5. The molecule has 0 amide bonds. The maximum atomic E-state index is 8.89. The van der Waals surface area contributed by atoms with Crippen molar-refractivity contribution in [3.05, 3.63) is 56.3 Å². The second-order valence-corrected chi connectivity index (χ2v) is 6.68. The van der Waals surface area contributed by atoms with Gasteiger partial charge in [0.2, 0.25) is 0 Å². The predicted molar refractivity (Wildman–Crippen MR) is 84.9 cm³/mol. The highest BCUT2D eigenvalue weighted by atomic mass is 32.1. The van der Waals surface area contributed by atoms with Crippen LogP contribution in [-0.4, -0.2) is 0 Å². The molecule has 2 nitrogen and oxygen atoms in total. The van der Waals surface area contributed by atoms with Crippen molar-refractivity contribution in [2.75, 3.05) is 0 Å². The molecule has 1 unspecified atom stereocenters. The Morgan fingerprint density at radius 1 is 1.25 bits per heavy atom. The molecule has 2 rings (SSSR count). The first kappa shape index (κ1) is 14.8. The van der Waals surface area contributed by atoms with Crippen LogP contribution in [0, 0.1) is 32.1 Å². The number of thiophene rings is 1. The number of rotatable bonds is 4. The maximum absolute atomic E-state index is 8.89. The molecule has 1 aromatic carbocycles. The summed E-state index contributed by atoms with van der Waals surface area (Å²) < 4.78 is 0. The number of nitrogens with one attached hydrogen (secondary N) is 1. The number of aryl methyl sites for hydroxylation is 3. The average Bonchev–Trinajstić information content (AvgIpc) is 2.76. The molecule has 0 saturated carbocycles. The lowest BCUT2D eigenvalue weighted by molar-refractivity contribution is 0.573. The number of nitrogens with zero attached hydrogens (tertiary/aromatic N) is 1. The van der Waals surface area contributed by atoms with Crippen molar-refractivity contribution in [3.63, 3.8) is 0 Å². The van der Waals surface area contributed by atoms with E-state index in [1.165, 1.54) is 26.4 Å². The quantitative estimate of drug-likeness (QED) is 0.903. The summed E-state index contributed by atoms with van der Waals surface area (Å²) in [6.45, 7) is 9.42. The zero-order chi connectivity index (χ0) is 14.7. The Kier molecular flexibility index (Phi) is 4.59. The summed E-state index contributed by atoms with van der Waals surface area (Å²) >= 11 is 1.85. The van der Waals surface area contributed by atoms with Crippen LogP contribution in [0.1, 0.15) is 45.0 Å². The van der Waals surface area contributed by atoms with Gasteiger partial charge in [-0.15, -0.1) is 11.3 Å². The van der Waals surface area contributed by atoms with Gasteiger partial charge in [0.05, 0.1) is 11.6 Å². The van der Waals surface area contributed by atoms with Crippen molar-refractivity contribution < 1.29 is 0 Å². The van der Waals surface area contributed by atoms with E-state index >= 15 is 0 Å². The van der Waals surface area contributed by atoms with E-state index in [-0.39, 0.29) is 0 Å². The van der Waals surface area contributed by atoms with E-state index in [1.54, 1.807) is 0 Å². The number of hydrogen-bond acceptors (Lipinski definition) is 3. The Labute approximate surface area is 125 Å². The molecule has 0 aliphatic carbocycles. The fraction of sp³-hybridized carbons (Fsp3) is 0.353. The molecule has 0 saturated heterocycles. The Balaban J connectivity index is 2.05. The van der Waals surface area contributed by atoms with E-state index in [1.807, 2.05) is 29.5 Å². The van der Waals surface area contributed by atoms with Gasteiger partial charge in [-0.25, -0.2) is 0 Å². The van der Waals surface area contributed by atoms with Crippen molar-refractivity contribution in [1.82, 2.24) is 5.32 Å². The molecule has 20 heavy (non-hydrogen) atoms. The minimum Gasteiger partial charge on any atom is -0.306 e. The topological polar surface area (TPSA) is 35.8 Å². The zero-order valence-electron chi connectivity index (χ0n) is 12.4. The van der Waals surface area contributed by atoms with E-state index in [0.29, 0.717) is 6.04 Å². The van der Waals surface area contributed by atoms with Crippen molar-refractivity contribution in [3.8, 4) is 6.07 Å². The zero-order valence-corrected chi connectivity index (χ0v) is 13.3. The van der Waals surface area contributed by atoms with Gasteiger partial charge in [-0.05, 0) is 62.6 Å². The first-order chi connectivity index (χ1) is 9.51. The van der Waals surface area contributed by atoms with Crippen LogP contribution in [0.4, 0.5) is 0 Å². The Bertz CT molecular complexity index is 649. The van der Waals surface area contributed by atoms with E-state index in [4.69, 9.17) is 5.26 Å². The summed E-state index contributed by atoms with van der Waals surface area (Å²) in [6.07, 6.45) is 0. The van der Waals surface area contributed by atoms with Crippen LogP contribution in [0.5, 0.6) is 0 Å². The third kappa shape index (κ3) is 3.27. The molecule has 0 spiro atoms. The molecule has 0 aliphatic heterocycles. The largest absolute Gasteiger partial charge is 0.306 e. The first-order valence-electron chi connectivity index (χ1n) is 6.81. The van der Waals surface area contributed by atoms with Gasteiger partial charge in [0, 0.05) is 22.3 Å². The lowest BCUT2D eigenvalue weighted by atomic mass is 10.0. The second kappa shape index (κ2) is 6.21. The molecule has 0 bridgehead atoms. The van der Waals surface area contributed by atoms with Crippen LogP contribution in [0.15, 0.2) is 24.3 Å². The van der Waals surface area contributed by atoms with Crippen LogP contribution in [0.2, 0.25) is 0 Å². The average molecular weight is 284 g/mol. The highest BCUT2D eigenvalue weighted by Crippen LogP contribution is 2.26. The highest BCUT2D eigenvalue weighted by Gasteiger charge is 2.11. The van der Waals surface area contributed by atoms with Gasteiger partial charge >= 0.3 is 0 Å². The number of nitriles is 1. The Hall–Kier alpha value is -1.63. The molecule has 104 valence electrons. The summed E-state index contributed by atoms with van der Waals surface area (Å²) in [7, 11) is 0. The monoisotopic (exact) mass is 284 g/mol. The summed E-state index contributed by atoms with van der Waals surface area (Å²) in [5.74, 6) is 0. The molecular formula is C17H20N2S. The minimum atomic E-state index is 0.343. The smallest absolute Gasteiger partial charge is 0.0991 e. The molecule has 1 atom stereocenters. The summed E-state index contributed by atoms with van der Waals surface area (Å²) in [6, 6.07) is 10.7. The van der Waals surface area contributed by atoms with Crippen molar-refractivity contribution in [1.29, 1.82) is 5.26 Å². The normalized spacial score (nSPS) is 12.2. The molecule has 0 radical (unpaired) electrons. The van der Waals surface area contributed by atoms with E-state index in [2.05, 4.69) is 45.1 Å². The highest BCUT2D eigenvalue weighted by molar-refractivity contribution is 7.12. The summed E-state index contributed by atoms with van der Waals surface area (Å²) in [4.78, 5) is 2.75. The van der Waals surface area contributed by atoms with Crippen LogP contribution in [0.25, 0.3) is 0 Å². The predicted octanol–water partition coefficient (Wildman–Crippen LogP) is 4.40. The molecule has 0 fully saturated rings.